The molecule has 2 N–H and O–H groups in total. The van der Waals surface area contributed by atoms with Gasteiger partial charge in [0.05, 0.1) is 17.2 Å². The molecule has 0 aliphatic carbocycles. The largest absolute Gasteiger partial charge is 0.466 e. The fourth-order valence-electron chi connectivity index (χ4n) is 1.99. The van der Waals surface area contributed by atoms with Crippen LogP contribution in [0.3, 0.4) is 0 Å². The highest BCUT2D eigenvalue weighted by Crippen LogP contribution is 2.14. The van der Waals surface area contributed by atoms with Crippen LogP contribution in [0.4, 0.5) is 0 Å². The number of halogens is 1. The van der Waals surface area contributed by atoms with Gasteiger partial charge in [-0.25, -0.2) is 4.79 Å². The van der Waals surface area contributed by atoms with Crippen LogP contribution in [-0.2, 0) is 23.9 Å². The molecule has 0 spiro atoms. The third-order valence-corrected chi connectivity index (χ3v) is 3.68. The Hall–Kier alpha value is -2.61. The van der Waals surface area contributed by atoms with Crippen LogP contribution in [0, 0.1) is 0 Å². The number of nitrogens with one attached hydrogen (secondary N) is 2. The van der Waals surface area contributed by atoms with Crippen molar-refractivity contribution in [2.75, 3.05) is 19.8 Å². The Morgan fingerprint density at radius 3 is 2.52 bits per heavy atom. The van der Waals surface area contributed by atoms with E-state index in [1.54, 1.807) is 25.1 Å². The molecule has 0 aliphatic rings. The number of ether oxygens (including phenoxy) is 2. The zero-order valence-electron chi connectivity index (χ0n) is 15.2. The molecule has 0 aliphatic heterocycles. The van der Waals surface area contributed by atoms with Crippen LogP contribution in [0.25, 0.3) is 0 Å². The highest BCUT2D eigenvalue weighted by Gasteiger charge is 2.20. The van der Waals surface area contributed by atoms with Crippen molar-refractivity contribution in [3.63, 3.8) is 0 Å². The number of rotatable bonds is 10. The third kappa shape index (κ3) is 8.54. The second kappa shape index (κ2) is 11.9. The summed E-state index contributed by atoms with van der Waals surface area (Å²) in [4.78, 5) is 46.7. The van der Waals surface area contributed by atoms with Crippen LogP contribution >= 0.6 is 11.6 Å². The maximum absolute atomic E-state index is 12.1. The first-order chi connectivity index (χ1) is 12.8. The molecule has 0 bridgehead atoms. The van der Waals surface area contributed by atoms with Gasteiger partial charge in [-0.15, -0.1) is 0 Å². The van der Waals surface area contributed by atoms with E-state index in [0.717, 1.165) is 0 Å². The topological polar surface area (TPSA) is 111 Å². The van der Waals surface area contributed by atoms with Crippen molar-refractivity contribution >= 4 is 35.4 Å². The Bertz CT molecular complexity index is 680. The lowest BCUT2D eigenvalue weighted by Gasteiger charge is -2.14. The quantitative estimate of drug-likeness (QED) is 0.456. The van der Waals surface area contributed by atoms with Crippen molar-refractivity contribution in [1.82, 2.24) is 10.6 Å². The Kier molecular flexibility index (Phi) is 9.89. The molecular formula is C18H23ClN2O6. The van der Waals surface area contributed by atoms with Crippen LogP contribution in [0.1, 0.15) is 37.0 Å². The molecule has 0 heterocycles. The number of esters is 2. The molecule has 0 saturated carbocycles. The smallest absolute Gasteiger partial charge is 0.328 e. The third-order valence-electron chi connectivity index (χ3n) is 3.35. The lowest BCUT2D eigenvalue weighted by molar-refractivity contribution is -0.150. The summed E-state index contributed by atoms with van der Waals surface area (Å²) in [5.41, 5.74) is 0.234. The van der Waals surface area contributed by atoms with Crippen LogP contribution in [0.2, 0.25) is 5.02 Å². The van der Waals surface area contributed by atoms with E-state index in [1.807, 2.05) is 0 Å². The van der Waals surface area contributed by atoms with E-state index < -0.39 is 30.4 Å². The molecule has 148 valence electrons. The Balaban J connectivity index is 2.28. The highest BCUT2D eigenvalue weighted by molar-refractivity contribution is 6.33. The standard InChI is InChI=1S/C18H23ClN2O6/c1-3-26-16(23)9-6-10-20-15(22)11-27-18(25)12(2)21-17(24)13-7-4-5-8-14(13)19/h4-5,7-8,12H,3,6,9-11H2,1-2H3,(H,20,22)(H,21,24)/t12-/m1/s1. The van der Waals surface area contributed by atoms with E-state index >= 15 is 0 Å². The lowest BCUT2D eigenvalue weighted by Crippen LogP contribution is -2.41. The van der Waals surface area contributed by atoms with E-state index in [1.165, 1.54) is 13.0 Å². The van der Waals surface area contributed by atoms with Gasteiger partial charge in [0.2, 0.25) is 0 Å². The second-order valence-corrected chi connectivity index (χ2v) is 5.95. The second-order valence-electron chi connectivity index (χ2n) is 5.54. The molecule has 27 heavy (non-hydrogen) atoms. The normalized spacial score (nSPS) is 11.2. The Morgan fingerprint density at radius 2 is 1.85 bits per heavy atom. The Labute approximate surface area is 162 Å². The first-order valence-electron chi connectivity index (χ1n) is 8.49. The number of carbonyl (C=O) groups is 4. The minimum absolute atomic E-state index is 0.193. The summed E-state index contributed by atoms with van der Waals surface area (Å²) in [7, 11) is 0. The highest BCUT2D eigenvalue weighted by atomic mass is 35.5. The molecule has 0 saturated heterocycles. The van der Waals surface area contributed by atoms with E-state index in [4.69, 9.17) is 21.1 Å². The number of benzene rings is 1. The van der Waals surface area contributed by atoms with Crippen LogP contribution in [0.5, 0.6) is 0 Å². The van der Waals surface area contributed by atoms with Crippen LogP contribution < -0.4 is 10.6 Å². The van der Waals surface area contributed by atoms with Gasteiger partial charge in [0, 0.05) is 13.0 Å². The molecule has 9 heteroatoms. The zero-order valence-corrected chi connectivity index (χ0v) is 16.0. The Morgan fingerprint density at radius 1 is 1.15 bits per heavy atom. The van der Waals surface area contributed by atoms with Gasteiger partial charge in [0.1, 0.15) is 6.04 Å². The first kappa shape index (κ1) is 22.4. The maximum Gasteiger partial charge on any atom is 0.328 e. The van der Waals surface area contributed by atoms with Crippen molar-refractivity contribution in [3.05, 3.63) is 34.9 Å². The van der Waals surface area contributed by atoms with Gasteiger partial charge in [-0.2, -0.15) is 0 Å². The number of hydrogen-bond acceptors (Lipinski definition) is 6. The summed E-state index contributed by atoms with van der Waals surface area (Å²) in [5, 5.41) is 5.24. The predicted molar refractivity (Wildman–Crippen MR) is 98.2 cm³/mol. The van der Waals surface area contributed by atoms with Gasteiger partial charge >= 0.3 is 11.9 Å². The minimum Gasteiger partial charge on any atom is -0.466 e. The van der Waals surface area contributed by atoms with Crippen molar-refractivity contribution in [3.8, 4) is 0 Å². The van der Waals surface area contributed by atoms with E-state index in [0.29, 0.717) is 13.0 Å². The average molecular weight is 399 g/mol. The predicted octanol–water partition coefficient (Wildman–Crippen LogP) is 1.46. The summed E-state index contributed by atoms with van der Waals surface area (Å²) in [5.74, 6) is -2.11. The monoisotopic (exact) mass is 398 g/mol. The molecule has 2 amide bonds. The number of amides is 2. The van der Waals surface area contributed by atoms with Gasteiger partial charge in [-0.05, 0) is 32.4 Å². The SMILES string of the molecule is CCOC(=O)CCCNC(=O)COC(=O)[C@@H](C)NC(=O)c1ccccc1Cl. The summed E-state index contributed by atoms with van der Waals surface area (Å²) >= 11 is 5.92. The molecule has 1 rings (SSSR count). The molecule has 1 aromatic rings. The number of carbonyl (C=O) groups excluding carboxylic acids is 4. The van der Waals surface area contributed by atoms with Crippen molar-refractivity contribution in [1.29, 1.82) is 0 Å². The van der Waals surface area contributed by atoms with E-state index in [-0.39, 0.29) is 29.5 Å². The molecule has 8 nitrogen and oxygen atoms in total. The molecule has 0 aromatic heterocycles. The molecular weight excluding hydrogens is 376 g/mol. The van der Waals surface area contributed by atoms with Crippen LogP contribution in [-0.4, -0.2) is 49.6 Å². The van der Waals surface area contributed by atoms with Crippen molar-refractivity contribution in [2.45, 2.75) is 32.7 Å². The maximum atomic E-state index is 12.1. The molecule has 0 unspecified atom stereocenters. The van der Waals surface area contributed by atoms with Crippen molar-refractivity contribution in [2.24, 2.45) is 0 Å². The van der Waals surface area contributed by atoms with Gasteiger partial charge < -0.3 is 20.1 Å². The van der Waals surface area contributed by atoms with E-state index in [2.05, 4.69) is 10.6 Å². The summed E-state index contributed by atoms with van der Waals surface area (Å²) in [6.45, 7) is 3.24. The van der Waals surface area contributed by atoms with Gasteiger partial charge in [0.25, 0.3) is 11.8 Å². The summed E-state index contributed by atoms with van der Waals surface area (Å²) in [6, 6.07) is 5.47. The van der Waals surface area contributed by atoms with Gasteiger partial charge in [-0.3, -0.25) is 14.4 Å². The van der Waals surface area contributed by atoms with Crippen LogP contribution in [0.15, 0.2) is 24.3 Å². The minimum atomic E-state index is -0.953. The van der Waals surface area contributed by atoms with Crippen molar-refractivity contribution < 1.29 is 28.7 Å². The molecule has 1 aromatic carbocycles. The van der Waals surface area contributed by atoms with E-state index in [9.17, 15) is 19.2 Å². The zero-order chi connectivity index (χ0) is 20.2. The first-order valence-corrected chi connectivity index (χ1v) is 8.87. The van der Waals surface area contributed by atoms with Gasteiger partial charge in [0.15, 0.2) is 6.61 Å². The number of hydrogen-bond donors (Lipinski definition) is 2. The summed E-state index contributed by atoms with van der Waals surface area (Å²) < 4.78 is 9.62. The fourth-order valence-corrected chi connectivity index (χ4v) is 2.21. The van der Waals surface area contributed by atoms with Gasteiger partial charge in [-0.1, -0.05) is 23.7 Å². The molecule has 1 atom stereocenters. The molecule has 0 fully saturated rings. The lowest BCUT2D eigenvalue weighted by atomic mass is 10.2. The fraction of sp³-hybridized carbons (Fsp3) is 0.444. The summed E-state index contributed by atoms with van der Waals surface area (Å²) in [6.07, 6.45) is 0.613. The molecule has 0 radical (unpaired) electrons. The average Bonchev–Trinajstić information content (AvgIpc) is 2.63.